The third-order valence-corrected chi connectivity index (χ3v) is 3.32. The van der Waals surface area contributed by atoms with Crippen LogP contribution in [0.5, 0.6) is 0 Å². The Kier molecular flexibility index (Phi) is 6.72. The van der Waals surface area contributed by atoms with Gasteiger partial charge in [0.25, 0.3) is 0 Å². The molecule has 5 heteroatoms. The Morgan fingerprint density at radius 3 is 2.83 bits per heavy atom. The maximum Gasteiger partial charge on any atom is 0.307 e. The van der Waals surface area contributed by atoms with Gasteiger partial charge in [-0.1, -0.05) is 19.8 Å². The molecule has 1 aliphatic rings. The van der Waals surface area contributed by atoms with Gasteiger partial charge in [0.2, 0.25) is 5.91 Å². The molecule has 1 aliphatic heterocycles. The number of piperidine rings is 1. The van der Waals surface area contributed by atoms with Crippen LogP contribution in [-0.2, 0) is 9.59 Å². The van der Waals surface area contributed by atoms with Crippen molar-refractivity contribution in [2.75, 3.05) is 26.2 Å². The van der Waals surface area contributed by atoms with E-state index in [1.54, 1.807) is 0 Å². The lowest BCUT2D eigenvalue weighted by Crippen LogP contribution is -2.44. The summed E-state index contributed by atoms with van der Waals surface area (Å²) in [4.78, 5) is 24.5. The van der Waals surface area contributed by atoms with Crippen LogP contribution in [0.1, 0.15) is 39.0 Å². The summed E-state index contributed by atoms with van der Waals surface area (Å²) in [5.74, 6) is -1.05. The van der Waals surface area contributed by atoms with Gasteiger partial charge in [-0.2, -0.15) is 0 Å². The minimum atomic E-state index is -0.747. The highest BCUT2D eigenvalue weighted by atomic mass is 16.4. The van der Waals surface area contributed by atoms with Crippen molar-refractivity contribution in [3.8, 4) is 0 Å². The number of carboxylic acids is 1. The predicted octanol–water partition coefficient (Wildman–Crippen LogP) is 1.09. The van der Waals surface area contributed by atoms with Gasteiger partial charge in [0.05, 0.1) is 12.5 Å². The van der Waals surface area contributed by atoms with Gasteiger partial charge in [-0.15, -0.1) is 0 Å². The van der Waals surface area contributed by atoms with E-state index in [1.807, 2.05) is 4.90 Å². The number of carbonyl (C=O) groups excluding carboxylic acids is 1. The SMILES string of the molecule is CCCCCNC(=O)CN1CCCC(C(=O)O)C1. The zero-order valence-corrected chi connectivity index (χ0v) is 11.2. The molecule has 0 bridgehead atoms. The van der Waals surface area contributed by atoms with E-state index in [-0.39, 0.29) is 11.8 Å². The second kappa shape index (κ2) is 8.08. The van der Waals surface area contributed by atoms with Gasteiger partial charge < -0.3 is 10.4 Å². The lowest BCUT2D eigenvalue weighted by molar-refractivity contribution is -0.144. The number of amides is 1. The number of carbonyl (C=O) groups is 2. The summed E-state index contributed by atoms with van der Waals surface area (Å²) in [5.41, 5.74) is 0. The smallest absolute Gasteiger partial charge is 0.307 e. The van der Waals surface area contributed by atoms with Crippen LogP contribution in [0.2, 0.25) is 0 Å². The summed E-state index contributed by atoms with van der Waals surface area (Å²) in [6.45, 7) is 4.50. The maximum atomic E-state index is 11.7. The predicted molar refractivity (Wildman–Crippen MR) is 69.3 cm³/mol. The summed E-state index contributed by atoms with van der Waals surface area (Å²) in [7, 11) is 0. The van der Waals surface area contributed by atoms with Crippen LogP contribution >= 0.6 is 0 Å². The molecule has 0 aromatic rings. The zero-order valence-electron chi connectivity index (χ0n) is 11.2. The number of nitrogens with zero attached hydrogens (tertiary/aromatic N) is 1. The van der Waals surface area contributed by atoms with Crippen LogP contribution in [-0.4, -0.2) is 48.1 Å². The molecule has 104 valence electrons. The molecule has 0 spiro atoms. The molecule has 18 heavy (non-hydrogen) atoms. The monoisotopic (exact) mass is 256 g/mol. The van der Waals surface area contributed by atoms with E-state index in [4.69, 9.17) is 5.11 Å². The molecular weight excluding hydrogens is 232 g/mol. The first-order chi connectivity index (χ1) is 8.63. The van der Waals surface area contributed by atoms with Crippen molar-refractivity contribution in [3.05, 3.63) is 0 Å². The summed E-state index contributed by atoms with van der Waals surface area (Å²) in [6.07, 6.45) is 4.87. The number of hydrogen-bond acceptors (Lipinski definition) is 3. The first kappa shape index (κ1) is 15.0. The number of aliphatic carboxylic acids is 1. The van der Waals surface area contributed by atoms with Crippen molar-refractivity contribution < 1.29 is 14.7 Å². The van der Waals surface area contributed by atoms with Gasteiger partial charge in [-0.05, 0) is 25.8 Å². The summed E-state index contributed by atoms with van der Waals surface area (Å²) < 4.78 is 0. The third kappa shape index (κ3) is 5.49. The van der Waals surface area contributed by atoms with Crippen molar-refractivity contribution in [2.24, 2.45) is 5.92 Å². The fourth-order valence-electron chi connectivity index (χ4n) is 2.26. The van der Waals surface area contributed by atoms with Crippen LogP contribution in [0.4, 0.5) is 0 Å². The van der Waals surface area contributed by atoms with Crippen LogP contribution in [0.3, 0.4) is 0 Å². The first-order valence-corrected chi connectivity index (χ1v) is 6.85. The molecule has 2 N–H and O–H groups in total. The van der Waals surface area contributed by atoms with Crippen molar-refractivity contribution in [3.63, 3.8) is 0 Å². The zero-order chi connectivity index (χ0) is 13.4. The number of likely N-dealkylation sites (tertiary alicyclic amines) is 1. The number of rotatable bonds is 7. The van der Waals surface area contributed by atoms with Gasteiger partial charge in [0, 0.05) is 13.1 Å². The molecule has 0 radical (unpaired) electrons. The van der Waals surface area contributed by atoms with Crippen molar-refractivity contribution in [1.82, 2.24) is 10.2 Å². The standard InChI is InChI=1S/C13H24N2O3/c1-2-3-4-7-14-12(16)10-15-8-5-6-11(9-15)13(17)18/h11H,2-10H2,1H3,(H,14,16)(H,17,18). The van der Waals surface area contributed by atoms with Crippen molar-refractivity contribution in [1.29, 1.82) is 0 Å². The van der Waals surface area contributed by atoms with Crippen LogP contribution in [0.25, 0.3) is 0 Å². The van der Waals surface area contributed by atoms with E-state index in [1.165, 1.54) is 0 Å². The number of unbranched alkanes of at least 4 members (excludes halogenated alkanes) is 2. The highest BCUT2D eigenvalue weighted by Gasteiger charge is 2.26. The number of carboxylic acid groups (broad SMARTS) is 1. The van der Waals surface area contributed by atoms with E-state index in [9.17, 15) is 9.59 Å². The largest absolute Gasteiger partial charge is 0.481 e. The Hall–Kier alpha value is -1.10. The summed E-state index contributed by atoms with van der Waals surface area (Å²) >= 11 is 0. The maximum absolute atomic E-state index is 11.7. The first-order valence-electron chi connectivity index (χ1n) is 6.85. The number of nitrogens with one attached hydrogen (secondary N) is 1. The lowest BCUT2D eigenvalue weighted by atomic mass is 9.98. The van der Waals surface area contributed by atoms with Gasteiger partial charge in [-0.25, -0.2) is 0 Å². The van der Waals surface area contributed by atoms with Crippen LogP contribution < -0.4 is 5.32 Å². The van der Waals surface area contributed by atoms with Gasteiger partial charge in [-0.3, -0.25) is 14.5 Å². The Morgan fingerprint density at radius 1 is 1.39 bits per heavy atom. The van der Waals surface area contributed by atoms with E-state index >= 15 is 0 Å². The molecule has 0 saturated carbocycles. The topological polar surface area (TPSA) is 69.6 Å². The molecular formula is C13H24N2O3. The fraction of sp³-hybridized carbons (Fsp3) is 0.846. The van der Waals surface area contributed by atoms with Gasteiger partial charge >= 0.3 is 5.97 Å². The van der Waals surface area contributed by atoms with Crippen molar-refractivity contribution in [2.45, 2.75) is 39.0 Å². The molecule has 1 rings (SSSR count). The van der Waals surface area contributed by atoms with E-state index in [0.29, 0.717) is 13.1 Å². The molecule has 1 amide bonds. The molecule has 1 fully saturated rings. The van der Waals surface area contributed by atoms with Gasteiger partial charge in [0.15, 0.2) is 0 Å². The Labute approximate surface area is 109 Å². The van der Waals surface area contributed by atoms with E-state index < -0.39 is 5.97 Å². The average Bonchev–Trinajstić information content (AvgIpc) is 2.35. The highest BCUT2D eigenvalue weighted by Crippen LogP contribution is 2.15. The van der Waals surface area contributed by atoms with Crippen LogP contribution in [0, 0.1) is 5.92 Å². The van der Waals surface area contributed by atoms with E-state index in [0.717, 1.165) is 45.2 Å². The minimum absolute atomic E-state index is 0.0112. The number of hydrogen-bond donors (Lipinski definition) is 2. The van der Waals surface area contributed by atoms with E-state index in [2.05, 4.69) is 12.2 Å². The Morgan fingerprint density at radius 2 is 2.17 bits per heavy atom. The van der Waals surface area contributed by atoms with Crippen LogP contribution in [0.15, 0.2) is 0 Å². The highest BCUT2D eigenvalue weighted by molar-refractivity contribution is 5.78. The molecule has 0 aromatic carbocycles. The second-order valence-electron chi connectivity index (χ2n) is 4.97. The molecule has 1 atom stereocenters. The molecule has 5 nitrogen and oxygen atoms in total. The lowest BCUT2D eigenvalue weighted by Gasteiger charge is -2.29. The Bertz CT molecular complexity index is 281. The second-order valence-corrected chi connectivity index (χ2v) is 4.97. The van der Waals surface area contributed by atoms with Gasteiger partial charge in [0.1, 0.15) is 0 Å². The molecule has 1 unspecified atom stereocenters. The molecule has 0 aromatic heterocycles. The fourth-order valence-corrected chi connectivity index (χ4v) is 2.26. The van der Waals surface area contributed by atoms with Crippen molar-refractivity contribution >= 4 is 11.9 Å². The third-order valence-electron chi connectivity index (χ3n) is 3.32. The summed E-state index contributed by atoms with van der Waals surface area (Å²) in [5, 5.41) is 11.8. The molecule has 1 saturated heterocycles. The normalized spacial score (nSPS) is 20.6. The molecule has 1 heterocycles. The average molecular weight is 256 g/mol. The Balaban J connectivity index is 2.20. The summed E-state index contributed by atoms with van der Waals surface area (Å²) in [6, 6.07) is 0. The molecule has 0 aliphatic carbocycles. The quantitative estimate of drug-likeness (QED) is 0.669. The minimum Gasteiger partial charge on any atom is -0.481 e.